The van der Waals surface area contributed by atoms with E-state index in [9.17, 15) is 4.79 Å². The fraction of sp³-hybridized carbons (Fsp3) is 0.636. The van der Waals surface area contributed by atoms with Gasteiger partial charge in [0.1, 0.15) is 11.7 Å². The van der Waals surface area contributed by atoms with E-state index in [0.717, 1.165) is 12.8 Å². The summed E-state index contributed by atoms with van der Waals surface area (Å²) < 4.78 is 1.74. The van der Waals surface area contributed by atoms with Crippen molar-refractivity contribution in [3.8, 4) is 6.07 Å². The highest BCUT2D eigenvalue weighted by atomic mass is 16.2. The number of aromatic nitrogens is 3. The summed E-state index contributed by atoms with van der Waals surface area (Å²) in [6.45, 7) is 0.318. The van der Waals surface area contributed by atoms with Gasteiger partial charge in [-0.1, -0.05) is 12.8 Å². The third kappa shape index (κ3) is 2.13. The lowest BCUT2D eigenvalue weighted by molar-refractivity contribution is -0.128. The van der Waals surface area contributed by atoms with E-state index in [1.165, 1.54) is 0 Å². The Kier molecular flexibility index (Phi) is 3.09. The lowest BCUT2D eigenvalue weighted by Crippen LogP contribution is -2.38. The molecule has 0 spiro atoms. The highest BCUT2D eigenvalue weighted by Crippen LogP contribution is 2.37. The quantitative estimate of drug-likeness (QED) is 0.824. The van der Waals surface area contributed by atoms with Gasteiger partial charge >= 0.3 is 0 Å². The number of nitriles is 1. The average molecular weight is 233 g/mol. The van der Waals surface area contributed by atoms with E-state index in [1.807, 2.05) is 7.05 Å². The molecule has 1 N–H and O–H groups in total. The minimum Gasteiger partial charge on any atom is -0.347 e. The SMILES string of the molecule is Cn1cnnc1CNC(=O)C1(C#N)CCCC1. The van der Waals surface area contributed by atoms with Gasteiger partial charge in [-0.05, 0) is 12.8 Å². The van der Waals surface area contributed by atoms with Gasteiger partial charge in [0.15, 0.2) is 5.82 Å². The summed E-state index contributed by atoms with van der Waals surface area (Å²) in [5, 5.41) is 19.5. The predicted molar refractivity (Wildman–Crippen MR) is 59.4 cm³/mol. The normalized spacial score (nSPS) is 17.6. The molecule has 0 radical (unpaired) electrons. The molecule has 6 nitrogen and oxygen atoms in total. The molecule has 0 atom stereocenters. The number of hydrogen-bond acceptors (Lipinski definition) is 4. The third-order valence-electron chi connectivity index (χ3n) is 3.32. The first-order valence-corrected chi connectivity index (χ1v) is 5.70. The number of nitrogens with zero attached hydrogens (tertiary/aromatic N) is 4. The number of carbonyl (C=O) groups excluding carboxylic acids is 1. The Bertz CT molecular complexity index is 453. The molecule has 0 saturated heterocycles. The zero-order chi connectivity index (χ0) is 12.3. The van der Waals surface area contributed by atoms with E-state index >= 15 is 0 Å². The molecular weight excluding hydrogens is 218 g/mol. The molecule has 0 aliphatic heterocycles. The zero-order valence-corrected chi connectivity index (χ0v) is 9.81. The van der Waals surface area contributed by atoms with Gasteiger partial charge in [0.25, 0.3) is 0 Å². The van der Waals surface area contributed by atoms with Gasteiger partial charge in [-0.15, -0.1) is 10.2 Å². The maximum atomic E-state index is 12.0. The smallest absolute Gasteiger partial charge is 0.240 e. The standard InChI is InChI=1S/C11H15N5O/c1-16-8-14-15-9(16)6-13-10(17)11(7-12)4-2-3-5-11/h8H,2-6H2,1H3,(H,13,17). The van der Waals surface area contributed by atoms with Crippen molar-refractivity contribution < 1.29 is 4.79 Å². The fourth-order valence-electron chi connectivity index (χ4n) is 2.16. The number of carbonyl (C=O) groups is 1. The Balaban J connectivity index is 1.98. The topological polar surface area (TPSA) is 83.6 Å². The molecular formula is C11H15N5O. The van der Waals surface area contributed by atoms with Crippen LogP contribution in [0.2, 0.25) is 0 Å². The van der Waals surface area contributed by atoms with Gasteiger partial charge in [-0.25, -0.2) is 0 Å². The molecule has 1 aliphatic carbocycles. The Hall–Kier alpha value is -1.90. The van der Waals surface area contributed by atoms with E-state index in [4.69, 9.17) is 5.26 Å². The lowest BCUT2D eigenvalue weighted by Gasteiger charge is -2.18. The van der Waals surface area contributed by atoms with E-state index < -0.39 is 5.41 Å². The van der Waals surface area contributed by atoms with Crippen molar-refractivity contribution in [2.24, 2.45) is 12.5 Å². The van der Waals surface area contributed by atoms with Crippen LogP contribution in [0, 0.1) is 16.7 Å². The van der Waals surface area contributed by atoms with Crippen molar-refractivity contribution >= 4 is 5.91 Å². The highest BCUT2D eigenvalue weighted by Gasteiger charge is 2.41. The first-order valence-electron chi connectivity index (χ1n) is 5.70. The second kappa shape index (κ2) is 4.53. The second-order valence-electron chi connectivity index (χ2n) is 4.44. The summed E-state index contributed by atoms with van der Waals surface area (Å²) in [5.74, 6) is 0.505. The van der Waals surface area contributed by atoms with E-state index in [-0.39, 0.29) is 5.91 Å². The van der Waals surface area contributed by atoms with Crippen molar-refractivity contribution in [1.29, 1.82) is 5.26 Å². The van der Waals surface area contributed by atoms with Gasteiger partial charge in [-0.2, -0.15) is 5.26 Å². The van der Waals surface area contributed by atoms with Gasteiger partial charge in [0, 0.05) is 7.05 Å². The highest BCUT2D eigenvalue weighted by molar-refractivity contribution is 5.85. The number of hydrogen-bond donors (Lipinski definition) is 1. The van der Waals surface area contributed by atoms with E-state index in [1.54, 1.807) is 10.9 Å². The monoisotopic (exact) mass is 233 g/mol. The number of aryl methyl sites for hydroxylation is 1. The Morgan fingerprint density at radius 2 is 2.35 bits per heavy atom. The molecule has 1 fully saturated rings. The number of rotatable bonds is 3. The van der Waals surface area contributed by atoms with Crippen LogP contribution in [0.25, 0.3) is 0 Å². The maximum Gasteiger partial charge on any atom is 0.240 e. The summed E-state index contributed by atoms with van der Waals surface area (Å²) in [6, 6.07) is 2.17. The van der Waals surface area contributed by atoms with Gasteiger partial charge in [0.05, 0.1) is 12.6 Å². The molecule has 0 bridgehead atoms. The Morgan fingerprint density at radius 1 is 1.65 bits per heavy atom. The first-order chi connectivity index (χ1) is 8.18. The molecule has 1 saturated carbocycles. The minimum atomic E-state index is -0.821. The van der Waals surface area contributed by atoms with Crippen molar-refractivity contribution in [2.75, 3.05) is 0 Å². The number of amides is 1. The van der Waals surface area contributed by atoms with Crippen LogP contribution in [0.5, 0.6) is 0 Å². The molecule has 1 aliphatic rings. The van der Waals surface area contributed by atoms with Crippen LogP contribution in [-0.2, 0) is 18.4 Å². The van der Waals surface area contributed by atoms with Gasteiger partial charge < -0.3 is 9.88 Å². The molecule has 1 aromatic heterocycles. The van der Waals surface area contributed by atoms with Crippen LogP contribution < -0.4 is 5.32 Å². The van der Waals surface area contributed by atoms with Crippen molar-refractivity contribution in [3.05, 3.63) is 12.2 Å². The van der Waals surface area contributed by atoms with Gasteiger partial charge in [0.2, 0.25) is 5.91 Å². The first kappa shape index (κ1) is 11.6. The van der Waals surface area contributed by atoms with E-state index in [2.05, 4.69) is 21.6 Å². The molecule has 17 heavy (non-hydrogen) atoms. The molecule has 1 amide bonds. The third-order valence-corrected chi connectivity index (χ3v) is 3.32. The molecule has 1 heterocycles. The fourth-order valence-corrected chi connectivity index (χ4v) is 2.16. The summed E-state index contributed by atoms with van der Waals surface area (Å²) in [5.41, 5.74) is -0.821. The zero-order valence-electron chi connectivity index (χ0n) is 9.81. The lowest BCUT2D eigenvalue weighted by atomic mass is 9.87. The molecule has 2 rings (SSSR count). The molecule has 0 unspecified atom stereocenters. The Morgan fingerprint density at radius 3 is 2.88 bits per heavy atom. The average Bonchev–Trinajstić information content (AvgIpc) is 2.95. The van der Waals surface area contributed by atoms with Crippen LogP contribution in [0.1, 0.15) is 31.5 Å². The summed E-state index contributed by atoms with van der Waals surface area (Å²) in [6.07, 6.45) is 4.80. The minimum absolute atomic E-state index is 0.180. The largest absolute Gasteiger partial charge is 0.347 e. The molecule has 90 valence electrons. The Labute approximate surface area is 99.6 Å². The number of nitrogens with one attached hydrogen (secondary N) is 1. The van der Waals surface area contributed by atoms with E-state index in [0.29, 0.717) is 25.2 Å². The van der Waals surface area contributed by atoms with Crippen LogP contribution >= 0.6 is 0 Å². The van der Waals surface area contributed by atoms with Crippen LogP contribution in [-0.4, -0.2) is 20.7 Å². The van der Waals surface area contributed by atoms with Crippen molar-refractivity contribution in [2.45, 2.75) is 32.2 Å². The summed E-state index contributed by atoms with van der Waals surface area (Å²) in [4.78, 5) is 12.0. The summed E-state index contributed by atoms with van der Waals surface area (Å²) in [7, 11) is 1.82. The van der Waals surface area contributed by atoms with Crippen LogP contribution in [0.15, 0.2) is 6.33 Å². The molecule has 1 aromatic rings. The van der Waals surface area contributed by atoms with Gasteiger partial charge in [-0.3, -0.25) is 4.79 Å². The molecule has 6 heteroatoms. The van der Waals surface area contributed by atoms with Crippen LogP contribution in [0.3, 0.4) is 0 Å². The summed E-state index contributed by atoms with van der Waals surface area (Å²) >= 11 is 0. The molecule has 0 aromatic carbocycles. The van der Waals surface area contributed by atoms with Crippen LogP contribution in [0.4, 0.5) is 0 Å². The van der Waals surface area contributed by atoms with Crippen molar-refractivity contribution in [1.82, 2.24) is 20.1 Å². The predicted octanol–water partition coefficient (Wildman–Crippen LogP) is 0.515. The maximum absolute atomic E-state index is 12.0. The second-order valence-corrected chi connectivity index (χ2v) is 4.44. The van der Waals surface area contributed by atoms with Crippen molar-refractivity contribution in [3.63, 3.8) is 0 Å².